The minimum atomic E-state index is 0.0817. The van der Waals surface area contributed by atoms with Crippen LogP contribution in [0, 0.1) is 6.92 Å². The fourth-order valence-corrected chi connectivity index (χ4v) is 3.64. The predicted molar refractivity (Wildman–Crippen MR) is 89.0 cm³/mol. The molecule has 0 aromatic carbocycles. The topological polar surface area (TPSA) is 50.1 Å². The van der Waals surface area contributed by atoms with Crippen molar-refractivity contribution in [2.24, 2.45) is 0 Å². The highest BCUT2D eigenvalue weighted by atomic mass is 32.1. The first-order valence-electron chi connectivity index (χ1n) is 6.78. The third-order valence-electron chi connectivity index (χ3n) is 3.11. The van der Waals surface area contributed by atoms with Gasteiger partial charge in [0.2, 0.25) is 0 Å². The van der Waals surface area contributed by atoms with E-state index in [4.69, 9.17) is 0 Å². The van der Waals surface area contributed by atoms with E-state index in [9.17, 15) is 5.11 Å². The lowest BCUT2D eigenvalue weighted by molar-refractivity contribution is 0.270. The molecule has 0 fully saturated rings. The van der Waals surface area contributed by atoms with Crippen molar-refractivity contribution in [3.8, 4) is 10.6 Å². The van der Waals surface area contributed by atoms with Gasteiger partial charge in [-0.05, 0) is 30.5 Å². The third kappa shape index (κ3) is 3.34. The van der Waals surface area contributed by atoms with Crippen LogP contribution < -0.4 is 5.32 Å². The Hall–Kier alpha value is -1.63. The summed E-state index contributed by atoms with van der Waals surface area (Å²) in [5.74, 6) is 0.943. The van der Waals surface area contributed by atoms with Crippen LogP contribution in [0.5, 0.6) is 0 Å². The first-order chi connectivity index (χ1) is 10.3. The molecule has 110 valence electrons. The average Bonchev–Trinajstić information content (AvgIpc) is 3.17. The van der Waals surface area contributed by atoms with Crippen molar-refractivity contribution in [2.45, 2.75) is 20.0 Å². The molecule has 0 saturated carbocycles. The van der Waals surface area contributed by atoms with Gasteiger partial charge < -0.3 is 10.4 Å². The molecule has 6 heteroatoms. The molecule has 3 rings (SSSR count). The molecule has 0 radical (unpaired) electrons. The van der Waals surface area contributed by atoms with Crippen LogP contribution >= 0.6 is 22.7 Å². The number of nitrogens with one attached hydrogen (secondary N) is 1. The lowest BCUT2D eigenvalue weighted by atomic mass is 10.3. The van der Waals surface area contributed by atoms with Gasteiger partial charge in [-0.3, -0.25) is 0 Å². The highest BCUT2D eigenvalue weighted by Crippen LogP contribution is 2.26. The summed E-state index contributed by atoms with van der Waals surface area (Å²) in [5.41, 5.74) is 0.948. The zero-order valence-electron chi connectivity index (χ0n) is 11.7. The molecule has 3 aromatic rings. The van der Waals surface area contributed by atoms with E-state index in [1.807, 2.05) is 22.2 Å². The summed E-state index contributed by atoms with van der Waals surface area (Å²) in [6.45, 7) is 3.47. The van der Waals surface area contributed by atoms with Gasteiger partial charge in [0.15, 0.2) is 0 Å². The van der Waals surface area contributed by atoms with Gasteiger partial charge in [-0.1, -0.05) is 6.07 Å². The Labute approximate surface area is 131 Å². The lowest BCUT2D eigenvalue weighted by Crippen LogP contribution is -2.09. The number of hydrogen-bond acceptors (Lipinski definition) is 5. The second kappa shape index (κ2) is 6.43. The third-order valence-corrected chi connectivity index (χ3v) is 5.00. The summed E-state index contributed by atoms with van der Waals surface area (Å²) >= 11 is 3.46. The van der Waals surface area contributed by atoms with Gasteiger partial charge in [-0.25, -0.2) is 4.68 Å². The van der Waals surface area contributed by atoms with Crippen LogP contribution in [0.15, 0.2) is 35.7 Å². The molecular weight excluding hydrogens is 302 g/mol. The number of thiophene rings is 2. The number of nitrogens with zero attached hydrogens (tertiary/aromatic N) is 2. The fraction of sp³-hybridized carbons (Fsp3) is 0.267. The summed E-state index contributed by atoms with van der Waals surface area (Å²) < 4.78 is 1.83. The standard InChI is InChI=1S/C15H17N3OS2/c1-11-4-5-12(21-11)10-16-15-9-13(14-3-2-8-20-14)17-18(15)6-7-19/h2-5,8-9,16,19H,6-7,10H2,1H3. The Morgan fingerprint density at radius 2 is 2.24 bits per heavy atom. The van der Waals surface area contributed by atoms with Crippen LogP contribution in [-0.4, -0.2) is 21.5 Å². The van der Waals surface area contributed by atoms with Gasteiger partial charge in [0.05, 0.1) is 24.6 Å². The molecule has 2 N–H and O–H groups in total. The molecule has 0 saturated heterocycles. The Morgan fingerprint density at radius 1 is 1.33 bits per heavy atom. The van der Waals surface area contributed by atoms with Gasteiger partial charge in [0, 0.05) is 15.8 Å². The van der Waals surface area contributed by atoms with Crippen molar-refractivity contribution < 1.29 is 5.11 Å². The van der Waals surface area contributed by atoms with Gasteiger partial charge in [0.25, 0.3) is 0 Å². The molecule has 0 bridgehead atoms. The maximum Gasteiger partial charge on any atom is 0.125 e. The number of aliphatic hydroxyl groups is 1. The van der Waals surface area contributed by atoms with Crippen molar-refractivity contribution in [1.82, 2.24) is 9.78 Å². The summed E-state index contributed by atoms with van der Waals surface area (Å²) in [6.07, 6.45) is 0. The Balaban J connectivity index is 1.79. The minimum absolute atomic E-state index is 0.0817. The molecular formula is C15H17N3OS2. The minimum Gasteiger partial charge on any atom is -0.394 e. The zero-order valence-corrected chi connectivity index (χ0v) is 13.4. The quantitative estimate of drug-likeness (QED) is 0.730. The summed E-state index contributed by atoms with van der Waals surface area (Å²) in [6, 6.07) is 10.4. The van der Waals surface area contributed by atoms with Crippen molar-refractivity contribution in [3.05, 3.63) is 45.5 Å². The highest BCUT2D eigenvalue weighted by Gasteiger charge is 2.10. The first-order valence-corrected chi connectivity index (χ1v) is 8.47. The second-order valence-corrected chi connectivity index (χ2v) is 7.02. The van der Waals surface area contributed by atoms with E-state index in [0.29, 0.717) is 6.54 Å². The number of aromatic nitrogens is 2. The number of anilines is 1. The molecule has 0 aliphatic rings. The Kier molecular flexibility index (Phi) is 4.38. The van der Waals surface area contributed by atoms with E-state index in [2.05, 4.69) is 35.5 Å². The largest absolute Gasteiger partial charge is 0.394 e. The number of hydrogen-bond donors (Lipinski definition) is 2. The monoisotopic (exact) mass is 319 g/mol. The molecule has 3 aromatic heterocycles. The molecule has 0 aliphatic heterocycles. The SMILES string of the molecule is Cc1ccc(CNc2cc(-c3cccs3)nn2CCO)s1. The number of aryl methyl sites for hydroxylation is 1. The zero-order chi connectivity index (χ0) is 14.7. The van der Waals surface area contributed by atoms with Crippen LogP contribution in [-0.2, 0) is 13.1 Å². The fourth-order valence-electron chi connectivity index (χ4n) is 2.13. The van der Waals surface area contributed by atoms with E-state index < -0.39 is 0 Å². The van der Waals surface area contributed by atoms with Gasteiger partial charge >= 0.3 is 0 Å². The van der Waals surface area contributed by atoms with Crippen LogP contribution in [0.3, 0.4) is 0 Å². The Bertz CT molecular complexity index is 700. The summed E-state index contributed by atoms with van der Waals surface area (Å²) in [5, 5.41) is 19.2. The van der Waals surface area contributed by atoms with E-state index in [1.54, 1.807) is 22.7 Å². The highest BCUT2D eigenvalue weighted by molar-refractivity contribution is 7.13. The Morgan fingerprint density at radius 3 is 2.90 bits per heavy atom. The normalized spacial score (nSPS) is 11.0. The van der Waals surface area contributed by atoms with Crippen molar-refractivity contribution in [2.75, 3.05) is 11.9 Å². The van der Waals surface area contributed by atoms with Crippen LogP contribution in [0.2, 0.25) is 0 Å². The number of rotatable bonds is 6. The van der Waals surface area contributed by atoms with Gasteiger partial charge in [-0.15, -0.1) is 22.7 Å². The maximum absolute atomic E-state index is 9.19. The molecule has 3 heterocycles. The number of aliphatic hydroxyl groups excluding tert-OH is 1. The van der Waals surface area contributed by atoms with E-state index in [1.165, 1.54) is 9.75 Å². The molecule has 0 spiro atoms. The van der Waals surface area contributed by atoms with Crippen LogP contribution in [0.25, 0.3) is 10.6 Å². The average molecular weight is 319 g/mol. The van der Waals surface area contributed by atoms with Crippen molar-refractivity contribution >= 4 is 28.5 Å². The first kappa shape index (κ1) is 14.3. The maximum atomic E-state index is 9.19. The summed E-state index contributed by atoms with van der Waals surface area (Å²) in [4.78, 5) is 3.75. The van der Waals surface area contributed by atoms with Crippen molar-refractivity contribution in [1.29, 1.82) is 0 Å². The van der Waals surface area contributed by atoms with Crippen molar-refractivity contribution in [3.63, 3.8) is 0 Å². The molecule has 0 aliphatic carbocycles. The predicted octanol–water partition coefficient (Wildman–Crippen LogP) is 3.59. The summed E-state index contributed by atoms with van der Waals surface area (Å²) in [7, 11) is 0. The van der Waals surface area contributed by atoms with Crippen LogP contribution in [0.1, 0.15) is 9.75 Å². The molecule has 0 atom stereocenters. The van der Waals surface area contributed by atoms with E-state index in [-0.39, 0.29) is 6.61 Å². The van der Waals surface area contributed by atoms with Gasteiger partial charge in [-0.2, -0.15) is 5.10 Å². The van der Waals surface area contributed by atoms with E-state index >= 15 is 0 Å². The lowest BCUT2D eigenvalue weighted by Gasteiger charge is -2.07. The molecule has 21 heavy (non-hydrogen) atoms. The molecule has 4 nitrogen and oxygen atoms in total. The smallest absolute Gasteiger partial charge is 0.125 e. The molecule has 0 unspecified atom stereocenters. The second-order valence-electron chi connectivity index (χ2n) is 4.70. The van der Waals surface area contributed by atoms with Gasteiger partial charge in [0.1, 0.15) is 11.5 Å². The molecule has 0 amide bonds. The van der Waals surface area contributed by atoms with Crippen LogP contribution in [0.4, 0.5) is 5.82 Å². The van der Waals surface area contributed by atoms with E-state index in [0.717, 1.165) is 22.9 Å².